The van der Waals surface area contributed by atoms with E-state index in [0.29, 0.717) is 9.13 Å². The van der Waals surface area contributed by atoms with Crippen molar-refractivity contribution in [3.05, 3.63) is 32.5 Å². The molecule has 1 aromatic carbocycles. The summed E-state index contributed by atoms with van der Waals surface area (Å²) in [6.07, 6.45) is -10.5. The molecule has 1 aromatic heterocycles. The fraction of sp³-hybridized carbons (Fsp3) is 0.250. The zero-order chi connectivity index (χ0) is 16.2. The number of fused-ring (bicyclic) bond motifs is 1. The van der Waals surface area contributed by atoms with Gasteiger partial charge in [-0.05, 0) is 47.2 Å². The van der Waals surface area contributed by atoms with E-state index in [2.05, 4.69) is 0 Å². The second-order valence-electron chi connectivity index (χ2n) is 4.37. The Kier molecular flexibility index (Phi) is 3.75. The molecule has 0 aliphatic heterocycles. The van der Waals surface area contributed by atoms with E-state index < -0.39 is 29.4 Å². The molecule has 0 aliphatic carbocycles. The third-order valence-electron chi connectivity index (χ3n) is 2.77. The molecule has 2 nitrogen and oxygen atoms in total. The van der Waals surface area contributed by atoms with E-state index in [1.165, 1.54) is 13.0 Å². The lowest BCUT2D eigenvalue weighted by Crippen LogP contribution is -2.25. The van der Waals surface area contributed by atoms with Crippen molar-refractivity contribution in [1.29, 1.82) is 0 Å². The van der Waals surface area contributed by atoms with Gasteiger partial charge in [0.25, 0.3) is 5.78 Å². The monoisotopic (exact) mass is 421 g/mol. The van der Waals surface area contributed by atoms with Gasteiger partial charge in [0.15, 0.2) is 0 Å². The van der Waals surface area contributed by atoms with Gasteiger partial charge in [0, 0.05) is 8.96 Å². The van der Waals surface area contributed by atoms with Gasteiger partial charge in [0.05, 0.1) is 11.1 Å². The lowest BCUT2D eigenvalue weighted by atomic mass is 10.0. The van der Waals surface area contributed by atoms with Crippen LogP contribution in [0.5, 0.6) is 0 Å². The number of H-pyrrole nitrogens is 1. The van der Waals surface area contributed by atoms with Crippen LogP contribution in [0.25, 0.3) is 10.9 Å². The standard InChI is InChI=1S/C12H6F6INO/c1-4-2-5-7(10(21)12(16,17)18)9(11(13,14)15)20-8(5)6(19)3-4/h2-3,20H,1H3. The van der Waals surface area contributed by atoms with Crippen LogP contribution in [0.2, 0.25) is 0 Å². The third-order valence-corrected chi connectivity index (χ3v) is 3.62. The van der Waals surface area contributed by atoms with E-state index in [-0.39, 0.29) is 10.9 Å². The summed E-state index contributed by atoms with van der Waals surface area (Å²) in [5.74, 6) is -2.51. The van der Waals surface area contributed by atoms with Crippen molar-refractivity contribution < 1.29 is 31.1 Å². The molecule has 0 saturated heterocycles. The highest BCUT2D eigenvalue weighted by Crippen LogP contribution is 2.39. The first-order chi connectivity index (χ1) is 9.43. The van der Waals surface area contributed by atoms with Crippen LogP contribution in [0, 0.1) is 10.5 Å². The molecule has 1 N–H and O–H groups in total. The largest absolute Gasteiger partial charge is 0.454 e. The number of rotatable bonds is 1. The van der Waals surface area contributed by atoms with Crippen molar-refractivity contribution in [3.63, 3.8) is 0 Å². The molecule has 0 atom stereocenters. The highest BCUT2D eigenvalue weighted by molar-refractivity contribution is 14.1. The van der Waals surface area contributed by atoms with Crippen molar-refractivity contribution in [1.82, 2.24) is 4.98 Å². The fourth-order valence-electron chi connectivity index (χ4n) is 1.98. The fourth-order valence-corrected chi connectivity index (χ4v) is 2.90. The third kappa shape index (κ3) is 2.87. The van der Waals surface area contributed by atoms with Crippen LogP contribution in [0.4, 0.5) is 26.3 Å². The van der Waals surface area contributed by atoms with Gasteiger partial charge in [-0.2, -0.15) is 26.3 Å². The van der Waals surface area contributed by atoms with Gasteiger partial charge in [0.2, 0.25) is 0 Å². The summed E-state index contributed by atoms with van der Waals surface area (Å²) in [5, 5.41) is -0.381. The number of aromatic amines is 1. The number of nitrogens with one attached hydrogen (secondary N) is 1. The van der Waals surface area contributed by atoms with E-state index in [4.69, 9.17) is 0 Å². The van der Waals surface area contributed by atoms with E-state index in [1.54, 1.807) is 22.6 Å². The van der Waals surface area contributed by atoms with E-state index in [0.717, 1.165) is 6.07 Å². The molecule has 0 radical (unpaired) electrons. The summed E-state index contributed by atoms with van der Waals surface area (Å²) in [7, 11) is 0. The Labute approximate surface area is 127 Å². The van der Waals surface area contributed by atoms with E-state index in [1.807, 2.05) is 4.98 Å². The smallest absolute Gasteiger partial charge is 0.350 e. The molecule has 21 heavy (non-hydrogen) atoms. The number of aromatic nitrogens is 1. The van der Waals surface area contributed by atoms with E-state index >= 15 is 0 Å². The highest BCUT2D eigenvalue weighted by Gasteiger charge is 2.47. The quantitative estimate of drug-likeness (QED) is 0.399. The summed E-state index contributed by atoms with van der Waals surface area (Å²) in [4.78, 5) is 13.3. The average molecular weight is 421 g/mol. The van der Waals surface area contributed by atoms with Gasteiger partial charge in [-0.3, -0.25) is 4.79 Å². The molecular weight excluding hydrogens is 415 g/mol. The van der Waals surface area contributed by atoms with Gasteiger partial charge in [0.1, 0.15) is 5.69 Å². The Morgan fingerprint density at radius 1 is 1.14 bits per heavy atom. The lowest BCUT2D eigenvalue weighted by Gasteiger charge is -2.09. The Morgan fingerprint density at radius 2 is 1.71 bits per heavy atom. The Hall–Kier alpha value is -1.26. The molecule has 9 heteroatoms. The van der Waals surface area contributed by atoms with Gasteiger partial charge in [-0.1, -0.05) is 0 Å². The van der Waals surface area contributed by atoms with Crippen LogP contribution in [0.15, 0.2) is 12.1 Å². The number of hydrogen-bond donors (Lipinski definition) is 1. The zero-order valence-electron chi connectivity index (χ0n) is 10.2. The lowest BCUT2D eigenvalue weighted by molar-refractivity contribution is -0.141. The number of ketones is 1. The summed E-state index contributed by atoms with van der Waals surface area (Å²) in [6.45, 7) is 1.52. The van der Waals surface area contributed by atoms with Crippen molar-refractivity contribution in [2.75, 3.05) is 0 Å². The Balaban J connectivity index is 2.91. The molecule has 0 bridgehead atoms. The minimum absolute atomic E-state index is 0.138. The zero-order valence-corrected chi connectivity index (χ0v) is 12.4. The molecule has 0 unspecified atom stereocenters. The molecule has 2 aromatic rings. The summed E-state index contributed by atoms with van der Waals surface area (Å²) in [5.41, 5.74) is -2.74. The van der Waals surface area contributed by atoms with Crippen LogP contribution >= 0.6 is 22.6 Å². The SMILES string of the molecule is Cc1cc(I)c2[nH]c(C(F)(F)F)c(C(=O)C(F)(F)F)c2c1. The Bertz CT molecular complexity index is 728. The Morgan fingerprint density at radius 3 is 2.19 bits per heavy atom. The van der Waals surface area contributed by atoms with Crippen LogP contribution in [0.3, 0.4) is 0 Å². The molecular formula is C12H6F6INO. The number of halogens is 7. The number of aryl methyl sites for hydroxylation is 1. The number of carbonyl (C=O) groups excluding carboxylic acids is 1. The van der Waals surface area contributed by atoms with Crippen molar-refractivity contribution >= 4 is 39.3 Å². The van der Waals surface area contributed by atoms with Crippen LogP contribution < -0.4 is 0 Å². The molecule has 0 aliphatic rings. The predicted octanol–water partition coefficient (Wildman–Crippen LogP) is 4.84. The predicted molar refractivity (Wildman–Crippen MR) is 71.1 cm³/mol. The van der Waals surface area contributed by atoms with Gasteiger partial charge >= 0.3 is 12.4 Å². The second-order valence-corrected chi connectivity index (χ2v) is 5.53. The molecule has 0 spiro atoms. The molecule has 2 rings (SSSR count). The second kappa shape index (κ2) is 4.89. The number of hydrogen-bond acceptors (Lipinski definition) is 1. The molecule has 1 heterocycles. The van der Waals surface area contributed by atoms with Crippen molar-refractivity contribution in [2.24, 2.45) is 0 Å². The summed E-state index contributed by atoms with van der Waals surface area (Å²) < 4.78 is 76.8. The number of alkyl halides is 6. The average Bonchev–Trinajstić information content (AvgIpc) is 2.65. The first-order valence-corrected chi connectivity index (χ1v) is 6.51. The van der Waals surface area contributed by atoms with Gasteiger partial charge < -0.3 is 4.98 Å². The maximum atomic E-state index is 12.9. The summed E-state index contributed by atoms with van der Waals surface area (Å²) in [6, 6.07) is 2.63. The van der Waals surface area contributed by atoms with Crippen LogP contribution in [-0.2, 0) is 6.18 Å². The van der Waals surface area contributed by atoms with E-state index in [9.17, 15) is 31.1 Å². The van der Waals surface area contributed by atoms with Crippen LogP contribution in [0.1, 0.15) is 21.6 Å². The maximum Gasteiger partial charge on any atom is 0.454 e. The normalized spacial score (nSPS) is 13.0. The van der Waals surface area contributed by atoms with Gasteiger partial charge in [-0.25, -0.2) is 0 Å². The summed E-state index contributed by atoms with van der Waals surface area (Å²) >= 11 is 1.70. The molecule has 114 valence electrons. The molecule has 0 fully saturated rings. The first-order valence-electron chi connectivity index (χ1n) is 5.43. The van der Waals surface area contributed by atoms with Crippen molar-refractivity contribution in [2.45, 2.75) is 19.3 Å². The minimum atomic E-state index is -5.38. The first kappa shape index (κ1) is 16.1. The molecule has 0 amide bonds. The minimum Gasteiger partial charge on any atom is -0.350 e. The number of carbonyl (C=O) groups is 1. The topological polar surface area (TPSA) is 32.9 Å². The van der Waals surface area contributed by atoms with Gasteiger partial charge in [-0.15, -0.1) is 0 Å². The number of Topliss-reactive ketones (excluding diaryl/α,β-unsaturated/α-hetero) is 1. The highest BCUT2D eigenvalue weighted by atomic mass is 127. The maximum absolute atomic E-state index is 12.9. The number of benzene rings is 1. The molecule has 0 saturated carbocycles. The van der Waals surface area contributed by atoms with Crippen molar-refractivity contribution in [3.8, 4) is 0 Å². The van der Waals surface area contributed by atoms with Crippen LogP contribution in [-0.4, -0.2) is 16.9 Å².